The van der Waals surface area contributed by atoms with E-state index in [9.17, 15) is 9.59 Å². The first kappa shape index (κ1) is 25.8. The van der Waals surface area contributed by atoms with Crippen molar-refractivity contribution >= 4 is 17.5 Å². The molecule has 0 aliphatic rings. The van der Waals surface area contributed by atoms with Crippen molar-refractivity contribution in [2.45, 2.75) is 33.4 Å². The zero-order valence-electron chi connectivity index (χ0n) is 20.5. The smallest absolute Gasteiger partial charge is 0.244 e. The van der Waals surface area contributed by atoms with E-state index in [0.717, 1.165) is 5.56 Å². The lowest BCUT2D eigenvalue weighted by atomic mass is 10.1. The second kappa shape index (κ2) is 13.2. The molecule has 1 aromatic heterocycles. The number of ether oxygens (including phenoxy) is 2. The standard InChI is InChI=1S/C27H33N3O5/c1-4-33-24-14-13-21(16-25(24)34-5-2)20(3)28-17-27(32)30(18-23-12-9-15-35-23)19-26(31)29-22-10-7-6-8-11-22/h6-16,20,28H,4-5,17-19H2,1-3H3,(H,29,31). The van der Waals surface area contributed by atoms with Crippen LogP contribution in [0.2, 0.25) is 0 Å². The van der Waals surface area contributed by atoms with Gasteiger partial charge in [0.2, 0.25) is 11.8 Å². The highest BCUT2D eigenvalue weighted by Crippen LogP contribution is 2.30. The number of nitrogens with zero attached hydrogens (tertiary/aromatic N) is 1. The lowest BCUT2D eigenvalue weighted by molar-refractivity contribution is -0.134. The number of rotatable bonds is 13. The van der Waals surface area contributed by atoms with Gasteiger partial charge in [-0.1, -0.05) is 24.3 Å². The molecule has 0 radical (unpaired) electrons. The van der Waals surface area contributed by atoms with Crippen LogP contribution in [0.1, 0.15) is 38.1 Å². The Morgan fingerprint density at radius 3 is 2.40 bits per heavy atom. The molecule has 0 fully saturated rings. The lowest BCUT2D eigenvalue weighted by Gasteiger charge is -2.23. The molecule has 186 valence electrons. The molecule has 0 saturated carbocycles. The summed E-state index contributed by atoms with van der Waals surface area (Å²) in [6.45, 7) is 7.04. The summed E-state index contributed by atoms with van der Waals surface area (Å²) in [4.78, 5) is 27.2. The Balaban J connectivity index is 1.64. The summed E-state index contributed by atoms with van der Waals surface area (Å²) in [5.74, 6) is 1.47. The minimum Gasteiger partial charge on any atom is -0.490 e. The molecule has 0 bridgehead atoms. The molecule has 1 heterocycles. The molecule has 2 amide bonds. The van der Waals surface area contributed by atoms with Crippen LogP contribution in [0.5, 0.6) is 11.5 Å². The molecule has 2 N–H and O–H groups in total. The minimum absolute atomic E-state index is 0.0532. The van der Waals surface area contributed by atoms with Gasteiger partial charge < -0.3 is 29.4 Å². The minimum atomic E-state index is -0.281. The predicted octanol–water partition coefficient (Wildman–Crippen LogP) is 4.40. The fraction of sp³-hybridized carbons (Fsp3) is 0.333. The maximum absolute atomic E-state index is 13.1. The number of carbonyl (C=O) groups is 2. The van der Waals surface area contributed by atoms with E-state index in [-0.39, 0.29) is 37.5 Å². The second-order valence-corrected chi connectivity index (χ2v) is 7.92. The Labute approximate surface area is 206 Å². The van der Waals surface area contributed by atoms with Crippen LogP contribution in [0.25, 0.3) is 0 Å². The van der Waals surface area contributed by atoms with Gasteiger partial charge in [0, 0.05) is 11.7 Å². The molecule has 0 aliphatic carbocycles. The van der Waals surface area contributed by atoms with Crippen molar-refractivity contribution in [3.8, 4) is 11.5 Å². The van der Waals surface area contributed by atoms with E-state index in [1.54, 1.807) is 30.5 Å². The number of furan rings is 1. The van der Waals surface area contributed by atoms with Crippen LogP contribution in [0, 0.1) is 0 Å². The summed E-state index contributed by atoms with van der Waals surface area (Å²) < 4.78 is 16.7. The van der Waals surface area contributed by atoms with E-state index in [4.69, 9.17) is 13.9 Å². The van der Waals surface area contributed by atoms with E-state index < -0.39 is 0 Å². The van der Waals surface area contributed by atoms with Gasteiger partial charge in [-0.2, -0.15) is 0 Å². The van der Waals surface area contributed by atoms with Crippen LogP contribution < -0.4 is 20.1 Å². The lowest BCUT2D eigenvalue weighted by Crippen LogP contribution is -2.42. The van der Waals surface area contributed by atoms with Gasteiger partial charge in [-0.25, -0.2) is 0 Å². The van der Waals surface area contributed by atoms with Crippen LogP contribution >= 0.6 is 0 Å². The van der Waals surface area contributed by atoms with Crippen molar-refractivity contribution in [1.29, 1.82) is 0 Å². The monoisotopic (exact) mass is 479 g/mol. The third-order valence-corrected chi connectivity index (χ3v) is 5.30. The van der Waals surface area contributed by atoms with Gasteiger partial charge in [-0.15, -0.1) is 0 Å². The first-order chi connectivity index (χ1) is 17.0. The molecule has 3 aromatic rings. The zero-order chi connectivity index (χ0) is 25.0. The molecule has 1 unspecified atom stereocenters. The third-order valence-electron chi connectivity index (χ3n) is 5.30. The quantitative estimate of drug-likeness (QED) is 0.378. The molecule has 8 heteroatoms. The van der Waals surface area contributed by atoms with Crippen molar-refractivity contribution in [3.63, 3.8) is 0 Å². The van der Waals surface area contributed by atoms with Gasteiger partial charge in [0.15, 0.2) is 11.5 Å². The predicted molar refractivity (Wildman–Crippen MR) is 134 cm³/mol. The van der Waals surface area contributed by atoms with Crippen LogP contribution in [0.4, 0.5) is 5.69 Å². The normalized spacial score (nSPS) is 11.5. The van der Waals surface area contributed by atoms with Crippen LogP contribution in [-0.4, -0.2) is 43.0 Å². The number of anilines is 1. The maximum Gasteiger partial charge on any atom is 0.244 e. The average molecular weight is 480 g/mol. The first-order valence-corrected chi connectivity index (χ1v) is 11.8. The summed E-state index contributed by atoms with van der Waals surface area (Å²) in [5, 5.41) is 6.07. The highest BCUT2D eigenvalue weighted by molar-refractivity contribution is 5.94. The first-order valence-electron chi connectivity index (χ1n) is 11.8. The van der Waals surface area contributed by atoms with E-state index in [0.29, 0.717) is 36.2 Å². The molecule has 2 aromatic carbocycles. The van der Waals surface area contributed by atoms with Crippen molar-refractivity contribution in [2.24, 2.45) is 0 Å². The van der Waals surface area contributed by atoms with Crippen LogP contribution in [-0.2, 0) is 16.1 Å². The van der Waals surface area contributed by atoms with Gasteiger partial charge in [0.25, 0.3) is 0 Å². The van der Waals surface area contributed by atoms with Gasteiger partial charge in [-0.3, -0.25) is 9.59 Å². The molecule has 1 atom stereocenters. The topological polar surface area (TPSA) is 93.0 Å². The fourth-order valence-electron chi connectivity index (χ4n) is 3.53. The Bertz CT molecular complexity index is 1070. The van der Waals surface area contributed by atoms with E-state index in [1.165, 1.54) is 4.90 Å². The number of hydrogen-bond donors (Lipinski definition) is 2. The SMILES string of the molecule is CCOc1ccc(C(C)NCC(=O)N(CC(=O)Nc2ccccc2)Cc2ccco2)cc1OCC. The highest BCUT2D eigenvalue weighted by Gasteiger charge is 2.20. The zero-order valence-corrected chi connectivity index (χ0v) is 20.5. The molecular formula is C27H33N3O5. The number of carbonyl (C=O) groups excluding carboxylic acids is 2. The fourth-order valence-corrected chi connectivity index (χ4v) is 3.53. The van der Waals surface area contributed by atoms with E-state index in [1.807, 2.05) is 57.2 Å². The van der Waals surface area contributed by atoms with Crippen molar-refractivity contribution in [1.82, 2.24) is 10.2 Å². The van der Waals surface area contributed by atoms with Gasteiger partial charge in [0.05, 0.1) is 32.6 Å². The second-order valence-electron chi connectivity index (χ2n) is 7.92. The summed E-state index contributed by atoms with van der Waals surface area (Å²) in [5.41, 5.74) is 1.64. The van der Waals surface area contributed by atoms with Gasteiger partial charge in [-0.05, 0) is 62.7 Å². The molecular weight excluding hydrogens is 446 g/mol. The summed E-state index contributed by atoms with van der Waals surface area (Å²) in [7, 11) is 0. The number of benzene rings is 2. The van der Waals surface area contributed by atoms with Crippen LogP contribution in [0.3, 0.4) is 0 Å². The molecule has 35 heavy (non-hydrogen) atoms. The van der Waals surface area contributed by atoms with Gasteiger partial charge >= 0.3 is 0 Å². The average Bonchev–Trinajstić information content (AvgIpc) is 3.37. The number of nitrogens with one attached hydrogen (secondary N) is 2. The number of para-hydroxylation sites is 1. The summed E-state index contributed by atoms with van der Waals surface area (Å²) in [6, 6.07) is 18.3. The Hall–Kier alpha value is -3.78. The summed E-state index contributed by atoms with van der Waals surface area (Å²) >= 11 is 0. The molecule has 3 rings (SSSR count). The van der Waals surface area contributed by atoms with E-state index >= 15 is 0 Å². The van der Waals surface area contributed by atoms with Crippen molar-refractivity contribution < 1.29 is 23.5 Å². The molecule has 0 aliphatic heterocycles. The van der Waals surface area contributed by atoms with E-state index in [2.05, 4.69) is 10.6 Å². The Kier molecular flexibility index (Phi) is 9.74. The van der Waals surface area contributed by atoms with Crippen LogP contribution in [0.15, 0.2) is 71.3 Å². The maximum atomic E-state index is 13.1. The number of hydrogen-bond acceptors (Lipinski definition) is 6. The molecule has 0 saturated heterocycles. The molecule has 8 nitrogen and oxygen atoms in total. The van der Waals surface area contributed by atoms with Crippen molar-refractivity contribution in [2.75, 3.05) is 31.6 Å². The third kappa shape index (κ3) is 7.89. The van der Waals surface area contributed by atoms with Crippen molar-refractivity contribution in [3.05, 3.63) is 78.3 Å². The largest absolute Gasteiger partial charge is 0.490 e. The van der Waals surface area contributed by atoms with Gasteiger partial charge in [0.1, 0.15) is 12.3 Å². The summed E-state index contributed by atoms with van der Waals surface area (Å²) in [6.07, 6.45) is 1.55. The Morgan fingerprint density at radius 1 is 0.971 bits per heavy atom. The highest BCUT2D eigenvalue weighted by atomic mass is 16.5. The molecule has 0 spiro atoms. The number of amides is 2. The Morgan fingerprint density at radius 2 is 1.71 bits per heavy atom.